The van der Waals surface area contributed by atoms with Gasteiger partial charge in [-0.05, 0) is 18.1 Å². The van der Waals surface area contributed by atoms with Crippen LogP contribution in [0.2, 0.25) is 0 Å². The maximum atomic E-state index is 8.98. The topological polar surface area (TPSA) is 58.0 Å². The number of likely N-dealkylation sites (N-methyl/N-ethyl adjacent to an activating group) is 1. The van der Waals surface area contributed by atoms with Crippen molar-refractivity contribution in [2.24, 2.45) is 0 Å². The Balaban J connectivity index is 2.23. The SMILES string of the molecule is CCNC(CO)CSc1ncns1. The second kappa shape index (κ2) is 6.31. The van der Waals surface area contributed by atoms with Gasteiger partial charge in [0.05, 0.1) is 6.61 Å². The molecular formula is C7H13N3OS2. The Kier molecular flexibility index (Phi) is 5.29. The van der Waals surface area contributed by atoms with E-state index < -0.39 is 0 Å². The average molecular weight is 219 g/mol. The first-order chi connectivity index (χ1) is 6.36. The average Bonchev–Trinajstić information content (AvgIpc) is 2.64. The van der Waals surface area contributed by atoms with E-state index in [0.29, 0.717) is 0 Å². The van der Waals surface area contributed by atoms with E-state index >= 15 is 0 Å². The number of aliphatic hydroxyl groups excluding tert-OH is 1. The van der Waals surface area contributed by atoms with Crippen molar-refractivity contribution in [2.75, 3.05) is 18.9 Å². The monoisotopic (exact) mass is 219 g/mol. The first-order valence-electron chi connectivity index (χ1n) is 4.10. The molecule has 0 amide bonds. The summed E-state index contributed by atoms with van der Waals surface area (Å²) in [5.41, 5.74) is 0. The third-order valence-electron chi connectivity index (χ3n) is 1.46. The van der Waals surface area contributed by atoms with Crippen LogP contribution in [0, 0.1) is 0 Å². The van der Waals surface area contributed by atoms with Crippen LogP contribution in [0.4, 0.5) is 0 Å². The molecule has 1 aromatic rings. The molecular weight excluding hydrogens is 206 g/mol. The van der Waals surface area contributed by atoms with E-state index in [2.05, 4.69) is 14.7 Å². The van der Waals surface area contributed by atoms with Crippen LogP contribution in [-0.2, 0) is 0 Å². The van der Waals surface area contributed by atoms with E-state index in [4.69, 9.17) is 5.11 Å². The summed E-state index contributed by atoms with van der Waals surface area (Å²) >= 11 is 3.01. The Hall–Kier alpha value is -0.170. The maximum absolute atomic E-state index is 8.98. The molecule has 0 saturated carbocycles. The van der Waals surface area contributed by atoms with Crippen molar-refractivity contribution in [1.82, 2.24) is 14.7 Å². The highest BCUT2D eigenvalue weighted by atomic mass is 32.2. The van der Waals surface area contributed by atoms with Crippen LogP contribution >= 0.6 is 23.3 Å². The van der Waals surface area contributed by atoms with Crippen molar-refractivity contribution < 1.29 is 5.11 Å². The summed E-state index contributed by atoms with van der Waals surface area (Å²) in [7, 11) is 0. The zero-order valence-corrected chi connectivity index (χ0v) is 9.07. The van der Waals surface area contributed by atoms with Gasteiger partial charge in [0, 0.05) is 11.8 Å². The Morgan fingerprint density at radius 3 is 3.15 bits per heavy atom. The molecule has 0 aromatic carbocycles. The molecule has 0 aliphatic rings. The number of thioether (sulfide) groups is 1. The van der Waals surface area contributed by atoms with E-state index in [0.717, 1.165) is 16.6 Å². The minimum atomic E-state index is 0.152. The molecule has 2 N–H and O–H groups in total. The smallest absolute Gasteiger partial charge is 0.169 e. The highest BCUT2D eigenvalue weighted by Crippen LogP contribution is 2.18. The molecule has 13 heavy (non-hydrogen) atoms. The Morgan fingerprint density at radius 2 is 2.62 bits per heavy atom. The van der Waals surface area contributed by atoms with Gasteiger partial charge in [0.15, 0.2) is 4.34 Å². The van der Waals surface area contributed by atoms with Crippen LogP contribution in [0.25, 0.3) is 0 Å². The minimum Gasteiger partial charge on any atom is -0.395 e. The van der Waals surface area contributed by atoms with Gasteiger partial charge >= 0.3 is 0 Å². The van der Waals surface area contributed by atoms with Crippen LogP contribution < -0.4 is 5.32 Å². The lowest BCUT2D eigenvalue weighted by Gasteiger charge is -2.12. The van der Waals surface area contributed by atoms with Crippen LogP contribution in [0.15, 0.2) is 10.7 Å². The van der Waals surface area contributed by atoms with Crippen molar-refractivity contribution in [1.29, 1.82) is 0 Å². The molecule has 1 heterocycles. The Labute approximate surface area is 85.9 Å². The highest BCUT2D eigenvalue weighted by Gasteiger charge is 2.07. The summed E-state index contributed by atoms with van der Waals surface area (Å²) in [4.78, 5) is 4.04. The number of hydrogen-bond acceptors (Lipinski definition) is 6. The van der Waals surface area contributed by atoms with Crippen LogP contribution in [0.1, 0.15) is 6.92 Å². The normalized spacial score (nSPS) is 13.1. The largest absolute Gasteiger partial charge is 0.395 e. The van der Waals surface area contributed by atoms with Crippen molar-refractivity contribution in [2.45, 2.75) is 17.3 Å². The molecule has 1 aromatic heterocycles. The van der Waals surface area contributed by atoms with Gasteiger partial charge < -0.3 is 10.4 Å². The molecule has 0 aliphatic heterocycles. The molecule has 1 atom stereocenters. The number of nitrogens with zero attached hydrogens (tertiary/aromatic N) is 2. The number of rotatable bonds is 6. The number of aromatic nitrogens is 2. The second-order valence-electron chi connectivity index (χ2n) is 2.46. The lowest BCUT2D eigenvalue weighted by molar-refractivity contribution is 0.255. The van der Waals surface area contributed by atoms with Crippen molar-refractivity contribution in [3.05, 3.63) is 6.33 Å². The second-order valence-corrected chi connectivity index (χ2v) is 4.50. The lowest BCUT2D eigenvalue weighted by atomic mass is 10.4. The van der Waals surface area contributed by atoms with E-state index in [9.17, 15) is 0 Å². The fourth-order valence-electron chi connectivity index (χ4n) is 0.863. The fourth-order valence-corrected chi connectivity index (χ4v) is 2.37. The highest BCUT2D eigenvalue weighted by molar-refractivity contribution is 8.00. The lowest BCUT2D eigenvalue weighted by Crippen LogP contribution is -2.34. The van der Waals surface area contributed by atoms with Crippen LogP contribution in [0.5, 0.6) is 0 Å². The predicted molar refractivity (Wildman–Crippen MR) is 55.2 cm³/mol. The molecule has 4 nitrogen and oxygen atoms in total. The number of hydrogen-bond donors (Lipinski definition) is 2. The molecule has 74 valence electrons. The van der Waals surface area contributed by atoms with E-state index in [1.54, 1.807) is 18.1 Å². The third-order valence-corrected chi connectivity index (χ3v) is 3.42. The summed E-state index contributed by atoms with van der Waals surface area (Å²) in [5.74, 6) is 0.833. The van der Waals surface area contributed by atoms with Gasteiger partial charge in [-0.2, -0.15) is 4.37 Å². The van der Waals surface area contributed by atoms with Gasteiger partial charge in [-0.15, -0.1) is 0 Å². The first kappa shape index (κ1) is 10.9. The molecule has 1 unspecified atom stereocenters. The molecule has 0 radical (unpaired) electrons. The first-order valence-corrected chi connectivity index (χ1v) is 5.86. The molecule has 6 heteroatoms. The third kappa shape index (κ3) is 4.04. The summed E-state index contributed by atoms with van der Waals surface area (Å²) in [6.07, 6.45) is 1.55. The number of aliphatic hydroxyl groups is 1. The minimum absolute atomic E-state index is 0.152. The molecule has 0 aliphatic carbocycles. The quantitative estimate of drug-likeness (QED) is 0.686. The maximum Gasteiger partial charge on any atom is 0.169 e. The number of nitrogens with one attached hydrogen (secondary N) is 1. The van der Waals surface area contributed by atoms with Gasteiger partial charge in [0.2, 0.25) is 0 Å². The van der Waals surface area contributed by atoms with Gasteiger partial charge in [0.25, 0.3) is 0 Å². The van der Waals surface area contributed by atoms with Gasteiger partial charge in [0.1, 0.15) is 6.33 Å². The summed E-state index contributed by atoms with van der Waals surface area (Å²) in [6, 6.07) is 0.152. The molecule has 0 spiro atoms. The van der Waals surface area contributed by atoms with E-state index in [-0.39, 0.29) is 12.6 Å². The van der Waals surface area contributed by atoms with Gasteiger partial charge in [-0.1, -0.05) is 18.7 Å². The molecule has 0 saturated heterocycles. The van der Waals surface area contributed by atoms with Crippen LogP contribution in [-0.4, -0.2) is 39.4 Å². The zero-order valence-electron chi connectivity index (χ0n) is 7.43. The molecule has 1 rings (SSSR count). The summed E-state index contributed by atoms with van der Waals surface area (Å²) < 4.78 is 4.85. The summed E-state index contributed by atoms with van der Waals surface area (Å²) in [5, 5.41) is 12.2. The van der Waals surface area contributed by atoms with E-state index in [1.165, 1.54) is 11.5 Å². The Morgan fingerprint density at radius 1 is 1.77 bits per heavy atom. The standard InChI is InChI=1S/C7H13N3OS2/c1-2-8-6(3-11)4-12-7-9-5-10-13-7/h5-6,8,11H,2-4H2,1H3. The van der Waals surface area contributed by atoms with E-state index in [1.807, 2.05) is 6.92 Å². The van der Waals surface area contributed by atoms with Crippen LogP contribution in [0.3, 0.4) is 0 Å². The fraction of sp³-hybridized carbons (Fsp3) is 0.714. The van der Waals surface area contributed by atoms with Gasteiger partial charge in [-0.25, -0.2) is 4.98 Å². The summed E-state index contributed by atoms with van der Waals surface area (Å²) in [6.45, 7) is 3.07. The van der Waals surface area contributed by atoms with Crippen molar-refractivity contribution in [3.8, 4) is 0 Å². The van der Waals surface area contributed by atoms with Crippen molar-refractivity contribution >= 4 is 23.3 Å². The van der Waals surface area contributed by atoms with Gasteiger partial charge in [-0.3, -0.25) is 0 Å². The zero-order chi connectivity index (χ0) is 9.52. The Bertz CT molecular complexity index is 218. The predicted octanol–water partition coefficient (Wildman–Crippen LogP) is 0.601. The molecule has 0 bridgehead atoms. The van der Waals surface area contributed by atoms with Crippen molar-refractivity contribution in [3.63, 3.8) is 0 Å². The molecule has 0 fully saturated rings.